The Bertz CT molecular complexity index is 466. The maximum atomic E-state index is 11.8. The van der Waals surface area contributed by atoms with E-state index < -0.39 is 0 Å². The Morgan fingerprint density at radius 1 is 0.684 bits per heavy atom. The molecule has 0 bridgehead atoms. The van der Waals surface area contributed by atoms with Crippen molar-refractivity contribution in [3.63, 3.8) is 0 Å². The van der Waals surface area contributed by atoms with Crippen LogP contribution in [0.3, 0.4) is 0 Å². The van der Waals surface area contributed by atoms with Gasteiger partial charge in [-0.25, -0.2) is 0 Å². The average molecular weight is 254 g/mol. The van der Waals surface area contributed by atoms with Crippen LogP contribution >= 0.6 is 0 Å². The van der Waals surface area contributed by atoms with Gasteiger partial charge in [0.25, 0.3) is 0 Å². The molecule has 0 amide bonds. The van der Waals surface area contributed by atoms with E-state index in [4.69, 9.17) is 0 Å². The molecular weight excluding hydrogens is 236 g/mol. The summed E-state index contributed by atoms with van der Waals surface area (Å²) in [5.41, 5.74) is 1.16. The smallest absolute Gasteiger partial charge is 0.170 e. The second-order valence-electron chi connectivity index (χ2n) is 3.76. The maximum Gasteiger partial charge on any atom is 0.170 e. The lowest BCUT2D eigenvalue weighted by Gasteiger charge is -2.00. The van der Waals surface area contributed by atoms with Crippen LogP contribution in [0.25, 0.3) is 0 Å². The third kappa shape index (κ3) is 4.51. The van der Waals surface area contributed by atoms with Gasteiger partial charge in [0.15, 0.2) is 11.6 Å². The largest absolute Gasteiger partial charge is 0.294 e. The molecule has 0 unspecified atom stereocenters. The monoisotopic (exact) mass is 254 g/mol. The molecule has 0 aliphatic rings. The lowest BCUT2D eigenvalue weighted by atomic mass is 10.0. The minimum absolute atomic E-state index is 0.0754. The number of Topliss-reactive ketones (excluding diaryl/α,β-unsaturated/α-hetero) is 2. The maximum absolute atomic E-state index is 11.8. The highest BCUT2D eigenvalue weighted by atomic mass is 16.1. The van der Waals surface area contributed by atoms with Gasteiger partial charge in [0.2, 0.25) is 0 Å². The Hall–Kier alpha value is -2.22. The molecule has 0 saturated carbocycles. The topological polar surface area (TPSA) is 34.1 Å². The van der Waals surface area contributed by atoms with Gasteiger partial charge in [-0.15, -0.1) is 0 Å². The predicted octanol–water partition coefficient (Wildman–Crippen LogP) is 4.17. The summed E-state index contributed by atoms with van der Waals surface area (Å²) in [6, 6.07) is 17.7. The van der Waals surface area contributed by atoms with E-state index in [1.54, 1.807) is 48.5 Å². The minimum Gasteiger partial charge on any atom is -0.294 e. The van der Waals surface area contributed by atoms with E-state index in [2.05, 4.69) is 0 Å². The molecule has 2 aromatic rings. The molecule has 2 heteroatoms. The SMILES string of the molecule is CC.O=C(CC(=O)c1ccccc1)c1ccccc1. The molecule has 0 heterocycles. The number of hydrogen-bond donors (Lipinski definition) is 0. The highest BCUT2D eigenvalue weighted by Crippen LogP contribution is 2.08. The standard InChI is InChI=1S/C15H12O2.C2H6/c16-14(12-7-3-1-4-8-12)11-15(17)13-9-5-2-6-10-13;1-2/h1-10H,11H2;1-2H3. The van der Waals surface area contributed by atoms with Gasteiger partial charge in [-0.05, 0) is 0 Å². The van der Waals surface area contributed by atoms with E-state index in [0.29, 0.717) is 11.1 Å². The molecule has 0 aromatic heterocycles. The van der Waals surface area contributed by atoms with E-state index in [1.165, 1.54) is 0 Å². The van der Waals surface area contributed by atoms with Crippen molar-refractivity contribution < 1.29 is 9.59 Å². The van der Waals surface area contributed by atoms with Crippen molar-refractivity contribution in [2.45, 2.75) is 20.3 Å². The molecule has 0 aliphatic heterocycles. The Morgan fingerprint density at radius 3 is 1.32 bits per heavy atom. The second kappa shape index (κ2) is 7.98. The average Bonchev–Trinajstić information content (AvgIpc) is 2.51. The number of rotatable bonds is 4. The van der Waals surface area contributed by atoms with Crippen LogP contribution in [0.4, 0.5) is 0 Å². The van der Waals surface area contributed by atoms with Crippen LogP contribution in [0.15, 0.2) is 60.7 Å². The van der Waals surface area contributed by atoms with Crippen LogP contribution < -0.4 is 0 Å². The molecular formula is C17H18O2. The van der Waals surface area contributed by atoms with Gasteiger partial charge >= 0.3 is 0 Å². The molecule has 0 atom stereocenters. The summed E-state index contributed by atoms with van der Waals surface area (Å²) in [6.07, 6.45) is -0.0754. The number of hydrogen-bond acceptors (Lipinski definition) is 2. The second-order valence-corrected chi connectivity index (χ2v) is 3.76. The van der Waals surface area contributed by atoms with E-state index in [-0.39, 0.29) is 18.0 Å². The first-order valence-electron chi connectivity index (χ1n) is 6.44. The van der Waals surface area contributed by atoms with Crippen LogP contribution in [0.1, 0.15) is 41.0 Å². The van der Waals surface area contributed by atoms with Gasteiger partial charge in [0.1, 0.15) is 0 Å². The van der Waals surface area contributed by atoms with Crippen molar-refractivity contribution >= 4 is 11.6 Å². The highest BCUT2D eigenvalue weighted by Gasteiger charge is 2.12. The van der Waals surface area contributed by atoms with Crippen LogP contribution in [0, 0.1) is 0 Å². The van der Waals surface area contributed by atoms with Crippen LogP contribution in [-0.4, -0.2) is 11.6 Å². The van der Waals surface area contributed by atoms with Crippen molar-refractivity contribution in [3.05, 3.63) is 71.8 Å². The zero-order valence-corrected chi connectivity index (χ0v) is 11.3. The quantitative estimate of drug-likeness (QED) is 0.606. The zero-order chi connectivity index (χ0) is 14.1. The van der Waals surface area contributed by atoms with Gasteiger partial charge in [-0.2, -0.15) is 0 Å². The van der Waals surface area contributed by atoms with Crippen LogP contribution in [-0.2, 0) is 0 Å². The molecule has 0 N–H and O–H groups in total. The van der Waals surface area contributed by atoms with E-state index in [0.717, 1.165) is 0 Å². The van der Waals surface area contributed by atoms with E-state index in [9.17, 15) is 9.59 Å². The summed E-state index contributed by atoms with van der Waals surface area (Å²) in [6.45, 7) is 4.00. The van der Waals surface area contributed by atoms with E-state index in [1.807, 2.05) is 26.0 Å². The van der Waals surface area contributed by atoms with Crippen molar-refractivity contribution in [3.8, 4) is 0 Å². The summed E-state index contributed by atoms with van der Waals surface area (Å²) >= 11 is 0. The molecule has 98 valence electrons. The molecule has 0 radical (unpaired) electrons. The van der Waals surface area contributed by atoms with Crippen molar-refractivity contribution in [2.24, 2.45) is 0 Å². The van der Waals surface area contributed by atoms with Gasteiger partial charge in [0.05, 0.1) is 6.42 Å². The Kier molecular flexibility index (Phi) is 6.23. The van der Waals surface area contributed by atoms with Gasteiger partial charge in [-0.3, -0.25) is 9.59 Å². The summed E-state index contributed by atoms with van der Waals surface area (Å²) in [5, 5.41) is 0. The number of carbonyl (C=O) groups is 2. The number of benzene rings is 2. The minimum atomic E-state index is -0.139. The Balaban J connectivity index is 0.000000861. The molecule has 2 rings (SSSR count). The third-order valence-corrected chi connectivity index (χ3v) is 2.51. The lowest BCUT2D eigenvalue weighted by Crippen LogP contribution is -2.08. The number of carbonyl (C=O) groups excluding carboxylic acids is 2. The zero-order valence-electron chi connectivity index (χ0n) is 11.3. The first kappa shape index (κ1) is 14.8. The van der Waals surface area contributed by atoms with Crippen molar-refractivity contribution in [2.75, 3.05) is 0 Å². The Morgan fingerprint density at radius 2 is 1.00 bits per heavy atom. The van der Waals surface area contributed by atoms with Crippen LogP contribution in [0.5, 0.6) is 0 Å². The van der Waals surface area contributed by atoms with Gasteiger partial charge in [-0.1, -0.05) is 74.5 Å². The molecule has 2 nitrogen and oxygen atoms in total. The fourth-order valence-electron chi connectivity index (χ4n) is 1.60. The lowest BCUT2D eigenvalue weighted by molar-refractivity contribution is 0.0894. The molecule has 0 spiro atoms. The van der Waals surface area contributed by atoms with Crippen molar-refractivity contribution in [1.82, 2.24) is 0 Å². The van der Waals surface area contributed by atoms with E-state index >= 15 is 0 Å². The van der Waals surface area contributed by atoms with Crippen molar-refractivity contribution in [1.29, 1.82) is 0 Å². The normalized spacial score (nSPS) is 9.16. The summed E-state index contributed by atoms with van der Waals surface area (Å²) in [5.74, 6) is -0.279. The molecule has 0 fully saturated rings. The molecule has 2 aromatic carbocycles. The highest BCUT2D eigenvalue weighted by molar-refractivity contribution is 6.13. The fourth-order valence-corrected chi connectivity index (χ4v) is 1.60. The van der Waals surface area contributed by atoms with Crippen LogP contribution in [0.2, 0.25) is 0 Å². The molecule has 19 heavy (non-hydrogen) atoms. The first-order chi connectivity index (χ1) is 9.27. The fraction of sp³-hybridized carbons (Fsp3) is 0.176. The predicted molar refractivity (Wildman–Crippen MR) is 77.5 cm³/mol. The third-order valence-electron chi connectivity index (χ3n) is 2.51. The summed E-state index contributed by atoms with van der Waals surface area (Å²) in [4.78, 5) is 23.6. The van der Waals surface area contributed by atoms with Gasteiger partial charge in [0, 0.05) is 11.1 Å². The summed E-state index contributed by atoms with van der Waals surface area (Å²) < 4.78 is 0. The molecule has 0 aliphatic carbocycles. The van der Waals surface area contributed by atoms with Gasteiger partial charge < -0.3 is 0 Å². The summed E-state index contributed by atoms with van der Waals surface area (Å²) in [7, 11) is 0. The number of ketones is 2. The molecule has 0 saturated heterocycles. The first-order valence-corrected chi connectivity index (χ1v) is 6.44. The Labute approximate surface area is 114 Å².